The molecule has 3 rings (SSSR count). The van der Waals surface area contributed by atoms with Crippen LogP contribution in [0.15, 0.2) is 67.4 Å². The van der Waals surface area contributed by atoms with Gasteiger partial charge in [0.15, 0.2) is 0 Å². The van der Waals surface area contributed by atoms with Gasteiger partial charge in [-0.3, -0.25) is 0 Å². The highest BCUT2D eigenvalue weighted by Gasteiger charge is 2.09. The molecule has 2 aromatic carbocycles. The van der Waals surface area contributed by atoms with Gasteiger partial charge in [-0.25, -0.2) is 0 Å². The molecule has 1 heterocycles. The van der Waals surface area contributed by atoms with Crippen molar-refractivity contribution in [2.75, 3.05) is 7.11 Å². The van der Waals surface area contributed by atoms with E-state index >= 15 is 0 Å². The van der Waals surface area contributed by atoms with Crippen LogP contribution in [0.5, 0.6) is 5.75 Å². The quantitative estimate of drug-likeness (QED) is 0.629. The maximum Gasteiger partial charge on any atom is 0.119 e. The second-order valence-corrected chi connectivity index (χ2v) is 5.14. The zero-order chi connectivity index (χ0) is 14.7. The number of ether oxygens (including phenoxy) is 1. The maximum absolute atomic E-state index is 5.35. The highest BCUT2D eigenvalue weighted by Crippen LogP contribution is 2.27. The van der Waals surface area contributed by atoms with Crippen LogP contribution in [0.2, 0.25) is 0 Å². The monoisotopic (exact) mass is 277 g/mol. The molecule has 0 spiro atoms. The van der Waals surface area contributed by atoms with Crippen LogP contribution in [0.3, 0.4) is 0 Å². The molecule has 0 amide bonds. The standard InChI is InChI=1S/C19H19NO/c1-3-7-16-14-20(13-15-8-5-4-6-9-15)19-11-10-17(21-2)12-18(16)19/h3-6,8-12,14H,1,7,13H2,2H3. The molecule has 0 radical (unpaired) electrons. The molecule has 0 atom stereocenters. The molecule has 3 aromatic rings. The van der Waals surface area contributed by atoms with E-state index in [0.29, 0.717) is 0 Å². The fourth-order valence-corrected chi connectivity index (χ4v) is 2.71. The van der Waals surface area contributed by atoms with Crippen molar-refractivity contribution in [2.24, 2.45) is 0 Å². The van der Waals surface area contributed by atoms with Gasteiger partial charge in [0.2, 0.25) is 0 Å². The summed E-state index contributed by atoms with van der Waals surface area (Å²) in [6.07, 6.45) is 5.03. The van der Waals surface area contributed by atoms with E-state index in [-0.39, 0.29) is 0 Å². The Balaban J connectivity index is 2.08. The number of hydrogen-bond acceptors (Lipinski definition) is 1. The van der Waals surface area contributed by atoms with Crippen LogP contribution in [0.25, 0.3) is 10.9 Å². The molecule has 0 saturated carbocycles. The Morgan fingerprint density at radius 1 is 1.14 bits per heavy atom. The lowest BCUT2D eigenvalue weighted by atomic mass is 10.1. The van der Waals surface area contributed by atoms with Gasteiger partial charge in [-0.2, -0.15) is 0 Å². The van der Waals surface area contributed by atoms with Gasteiger partial charge in [-0.05, 0) is 35.7 Å². The first-order valence-corrected chi connectivity index (χ1v) is 7.12. The third-order valence-corrected chi connectivity index (χ3v) is 3.73. The summed E-state index contributed by atoms with van der Waals surface area (Å²) in [6, 6.07) is 16.8. The molecule has 0 saturated heterocycles. The molecule has 0 fully saturated rings. The lowest BCUT2D eigenvalue weighted by Gasteiger charge is -2.06. The minimum absolute atomic E-state index is 0.867. The Kier molecular flexibility index (Phi) is 3.78. The van der Waals surface area contributed by atoms with E-state index in [2.05, 4.69) is 53.7 Å². The Labute approximate surface area is 125 Å². The Morgan fingerprint density at radius 3 is 2.67 bits per heavy atom. The maximum atomic E-state index is 5.35. The van der Waals surface area contributed by atoms with E-state index in [0.717, 1.165) is 18.7 Å². The van der Waals surface area contributed by atoms with E-state index in [1.807, 2.05) is 18.2 Å². The van der Waals surface area contributed by atoms with Crippen LogP contribution in [0.4, 0.5) is 0 Å². The highest BCUT2D eigenvalue weighted by atomic mass is 16.5. The zero-order valence-corrected chi connectivity index (χ0v) is 12.3. The summed E-state index contributed by atoms with van der Waals surface area (Å²) in [4.78, 5) is 0. The minimum atomic E-state index is 0.867. The number of allylic oxidation sites excluding steroid dienone is 1. The number of aromatic nitrogens is 1. The van der Waals surface area contributed by atoms with Gasteiger partial charge >= 0.3 is 0 Å². The van der Waals surface area contributed by atoms with Crippen LogP contribution in [0.1, 0.15) is 11.1 Å². The van der Waals surface area contributed by atoms with Gasteiger partial charge in [0.25, 0.3) is 0 Å². The molecular formula is C19H19NO. The summed E-state index contributed by atoms with van der Waals surface area (Å²) in [5.74, 6) is 0.894. The van der Waals surface area contributed by atoms with Crippen LogP contribution in [-0.4, -0.2) is 11.7 Å². The molecule has 0 bridgehead atoms. The van der Waals surface area contributed by atoms with E-state index < -0.39 is 0 Å². The second kappa shape index (κ2) is 5.88. The van der Waals surface area contributed by atoms with Gasteiger partial charge in [0, 0.05) is 23.6 Å². The largest absolute Gasteiger partial charge is 0.497 e. The topological polar surface area (TPSA) is 14.2 Å². The van der Waals surface area contributed by atoms with E-state index in [9.17, 15) is 0 Å². The van der Waals surface area contributed by atoms with Crippen molar-refractivity contribution in [1.82, 2.24) is 4.57 Å². The molecule has 21 heavy (non-hydrogen) atoms. The second-order valence-electron chi connectivity index (χ2n) is 5.14. The van der Waals surface area contributed by atoms with Gasteiger partial charge < -0.3 is 9.30 Å². The molecule has 0 aliphatic heterocycles. The summed E-state index contributed by atoms with van der Waals surface area (Å²) in [6.45, 7) is 4.73. The van der Waals surface area contributed by atoms with Crippen molar-refractivity contribution in [1.29, 1.82) is 0 Å². The number of methoxy groups -OCH3 is 1. The van der Waals surface area contributed by atoms with E-state index in [1.54, 1.807) is 7.11 Å². The molecular weight excluding hydrogens is 258 g/mol. The molecule has 0 aliphatic carbocycles. The van der Waals surface area contributed by atoms with Gasteiger partial charge in [-0.15, -0.1) is 6.58 Å². The molecule has 0 aliphatic rings. The van der Waals surface area contributed by atoms with Crippen molar-refractivity contribution >= 4 is 10.9 Å². The van der Waals surface area contributed by atoms with E-state index in [1.165, 1.54) is 22.0 Å². The number of nitrogens with zero attached hydrogens (tertiary/aromatic N) is 1. The molecule has 106 valence electrons. The predicted molar refractivity (Wildman–Crippen MR) is 87.9 cm³/mol. The lowest BCUT2D eigenvalue weighted by Crippen LogP contribution is -1.97. The van der Waals surface area contributed by atoms with Crippen LogP contribution < -0.4 is 4.74 Å². The summed E-state index contributed by atoms with van der Waals surface area (Å²) >= 11 is 0. The number of fused-ring (bicyclic) bond motifs is 1. The summed E-state index contributed by atoms with van der Waals surface area (Å²) in [7, 11) is 1.70. The fourth-order valence-electron chi connectivity index (χ4n) is 2.71. The number of benzene rings is 2. The van der Waals surface area contributed by atoms with Gasteiger partial charge in [0.05, 0.1) is 7.11 Å². The molecule has 1 aromatic heterocycles. The first-order valence-electron chi connectivity index (χ1n) is 7.12. The number of hydrogen-bond donors (Lipinski definition) is 0. The summed E-state index contributed by atoms with van der Waals surface area (Å²) < 4.78 is 7.64. The smallest absolute Gasteiger partial charge is 0.119 e. The average Bonchev–Trinajstić information content (AvgIpc) is 2.86. The first-order chi connectivity index (χ1) is 10.3. The molecule has 2 nitrogen and oxygen atoms in total. The SMILES string of the molecule is C=CCc1cn(Cc2ccccc2)c2ccc(OC)cc12. The third-order valence-electron chi connectivity index (χ3n) is 3.73. The Hall–Kier alpha value is -2.48. The van der Waals surface area contributed by atoms with Gasteiger partial charge in [-0.1, -0.05) is 36.4 Å². The Bertz CT molecular complexity index is 756. The minimum Gasteiger partial charge on any atom is -0.497 e. The molecule has 0 unspecified atom stereocenters. The van der Waals surface area contributed by atoms with Crippen LogP contribution in [0, 0.1) is 0 Å². The summed E-state index contributed by atoms with van der Waals surface area (Å²) in [5.41, 5.74) is 3.82. The van der Waals surface area contributed by atoms with Crippen molar-refractivity contribution in [2.45, 2.75) is 13.0 Å². The first kappa shape index (κ1) is 13.5. The third kappa shape index (κ3) is 2.70. The Morgan fingerprint density at radius 2 is 1.95 bits per heavy atom. The summed E-state index contributed by atoms with van der Waals surface area (Å²) in [5, 5.41) is 1.24. The predicted octanol–water partition coefficient (Wildman–Crippen LogP) is 4.43. The molecule has 2 heteroatoms. The fraction of sp³-hybridized carbons (Fsp3) is 0.158. The van der Waals surface area contributed by atoms with Crippen molar-refractivity contribution in [3.8, 4) is 5.75 Å². The van der Waals surface area contributed by atoms with Crippen LogP contribution >= 0.6 is 0 Å². The highest BCUT2D eigenvalue weighted by molar-refractivity contribution is 5.85. The lowest BCUT2D eigenvalue weighted by molar-refractivity contribution is 0.415. The van der Waals surface area contributed by atoms with E-state index in [4.69, 9.17) is 4.74 Å². The zero-order valence-electron chi connectivity index (χ0n) is 12.3. The van der Waals surface area contributed by atoms with Crippen LogP contribution in [-0.2, 0) is 13.0 Å². The van der Waals surface area contributed by atoms with Gasteiger partial charge in [0.1, 0.15) is 5.75 Å². The number of rotatable bonds is 5. The average molecular weight is 277 g/mol. The van der Waals surface area contributed by atoms with Crippen molar-refractivity contribution in [3.63, 3.8) is 0 Å². The van der Waals surface area contributed by atoms with Crippen molar-refractivity contribution in [3.05, 3.63) is 78.5 Å². The van der Waals surface area contributed by atoms with Crippen molar-refractivity contribution < 1.29 is 4.74 Å². The normalized spacial score (nSPS) is 10.7. The molecule has 0 N–H and O–H groups in total.